The van der Waals surface area contributed by atoms with Gasteiger partial charge in [-0.3, -0.25) is 18.7 Å². The number of nitrogens with zero attached hydrogens (tertiary/aromatic N) is 3. The van der Waals surface area contributed by atoms with Gasteiger partial charge in [0, 0.05) is 31.7 Å². The molecule has 3 aromatic rings. The first-order valence-electron chi connectivity index (χ1n) is 10.4. The van der Waals surface area contributed by atoms with Crippen molar-refractivity contribution in [3.05, 3.63) is 45.1 Å². The number of imidazole rings is 1. The van der Waals surface area contributed by atoms with Crippen molar-refractivity contribution in [2.24, 2.45) is 5.73 Å². The van der Waals surface area contributed by atoms with E-state index < -0.39 is 0 Å². The Morgan fingerprint density at radius 3 is 2.41 bits per heavy atom. The van der Waals surface area contributed by atoms with Crippen molar-refractivity contribution in [2.45, 2.75) is 39.8 Å². The van der Waals surface area contributed by atoms with Gasteiger partial charge in [-0.15, -0.1) is 12.4 Å². The van der Waals surface area contributed by atoms with E-state index in [0.717, 1.165) is 12.0 Å². The van der Waals surface area contributed by atoms with Crippen molar-refractivity contribution in [3.8, 4) is 17.1 Å². The maximum Gasteiger partial charge on any atom is 0.332 e. The van der Waals surface area contributed by atoms with Crippen LogP contribution in [0.3, 0.4) is 0 Å². The number of hydrogen-bond donors (Lipinski definition) is 3. The molecule has 0 aliphatic carbocycles. The molecule has 4 N–H and O–H groups in total. The molecule has 0 fully saturated rings. The predicted molar refractivity (Wildman–Crippen MR) is 125 cm³/mol. The third-order valence-electron chi connectivity index (χ3n) is 4.72. The molecule has 0 spiro atoms. The minimum atomic E-state index is -0.364. The topological polar surface area (TPSA) is 137 Å². The number of rotatable bonds is 10. The van der Waals surface area contributed by atoms with Gasteiger partial charge in [0.15, 0.2) is 12.3 Å². The quantitative estimate of drug-likeness (QED) is 0.413. The molecule has 0 atom stereocenters. The molecule has 3 rings (SSSR count). The number of benzene rings is 1. The fourth-order valence-electron chi connectivity index (χ4n) is 3.27. The van der Waals surface area contributed by atoms with Crippen LogP contribution in [0.25, 0.3) is 22.6 Å². The minimum absolute atomic E-state index is 0. The van der Waals surface area contributed by atoms with Crippen LogP contribution in [-0.2, 0) is 17.9 Å². The molecule has 2 aromatic heterocycles. The van der Waals surface area contributed by atoms with Crippen molar-refractivity contribution in [3.63, 3.8) is 0 Å². The summed E-state index contributed by atoms with van der Waals surface area (Å²) in [6.07, 6.45) is 1.42. The molecule has 10 nitrogen and oxygen atoms in total. The molecular formula is C21H29ClN6O4. The Morgan fingerprint density at radius 2 is 1.78 bits per heavy atom. The van der Waals surface area contributed by atoms with E-state index >= 15 is 0 Å². The second-order valence-electron chi connectivity index (χ2n) is 7.13. The molecule has 32 heavy (non-hydrogen) atoms. The lowest BCUT2D eigenvalue weighted by Crippen LogP contribution is -2.40. The van der Waals surface area contributed by atoms with Gasteiger partial charge in [0.2, 0.25) is 0 Å². The Morgan fingerprint density at radius 1 is 1.12 bits per heavy atom. The van der Waals surface area contributed by atoms with E-state index in [1.54, 1.807) is 28.8 Å². The zero-order valence-electron chi connectivity index (χ0n) is 18.2. The molecule has 0 saturated carbocycles. The maximum atomic E-state index is 12.8. The van der Waals surface area contributed by atoms with Crippen LogP contribution in [0.2, 0.25) is 0 Å². The predicted octanol–water partition coefficient (Wildman–Crippen LogP) is 1.25. The van der Waals surface area contributed by atoms with Crippen molar-refractivity contribution in [1.82, 2.24) is 24.4 Å². The number of amides is 1. The van der Waals surface area contributed by atoms with Crippen molar-refractivity contribution in [1.29, 1.82) is 0 Å². The Balaban J connectivity index is 0.00000363. The van der Waals surface area contributed by atoms with Gasteiger partial charge in [0.05, 0.1) is 0 Å². The molecule has 0 saturated heterocycles. The third-order valence-corrected chi connectivity index (χ3v) is 4.72. The molecular weight excluding hydrogens is 436 g/mol. The van der Waals surface area contributed by atoms with Crippen molar-refractivity contribution < 1.29 is 9.53 Å². The van der Waals surface area contributed by atoms with Gasteiger partial charge in [-0.1, -0.05) is 13.8 Å². The highest BCUT2D eigenvalue weighted by molar-refractivity contribution is 5.85. The summed E-state index contributed by atoms with van der Waals surface area (Å²) in [5.74, 6) is 0.762. The van der Waals surface area contributed by atoms with Crippen LogP contribution in [0.15, 0.2) is 33.9 Å². The molecule has 0 bridgehead atoms. The highest BCUT2D eigenvalue weighted by Crippen LogP contribution is 2.21. The van der Waals surface area contributed by atoms with E-state index in [2.05, 4.69) is 15.3 Å². The van der Waals surface area contributed by atoms with Crippen molar-refractivity contribution >= 4 is 29.5 Å². The minimum Gasteiger partial charge on any atom is -0.484 e. The Hall–Kier alpha value is -3.11. The summed E-state index contributed by atoms with van der Waals surface area (Å²) < 4.78 is 8.26. The van der Waals surface area contributed by atoms with Crippen LogP contribution in [0.1, 0.15) is 26.7 Å². The summed E-state index contributed by atoms with van der Waals surface area (Å²) in [6, 6.07) is 6.98. The molecule has 0 unspecified atom stereocenters. The van der Waals surface area contributed by atoms with Gasteiger partial charge in [0.1, 0.15) is 17.1 Å². The lowest BCUT2D eigenvalue weighted by Gasteiger charge is -2.09. The largest absolute Gasteiger partial charge is 0.484 e. The highest BCUT2D eigenvalue weighted by atomic mass is 35.5. The lowest BCUT2D eigenvalue weighted by molar-refractivity contribution is -0.123. The standard InChI is InChI=1S/C21H28N6O4.ClH/c1-3-11-26-19-17(20(29)27(12-4-2)21(26)30)24-18(25-19)14-5-7-15(8-6-14)31-13-16(28)23-10-9-22;/h5-8H,3-4,9-13,22H2,1-2H3,(H,23,28)(H,24,25);1H. The van der Waals surface area contributed by atoms with Crippen LogP contribution in [0.4, 0.5) is 0 Å². The Bertz CT molecular complexity index is 1170. The van der Waals surface area contributed by atoms with E-state index in [1.165, 1.54) is 4.57 Å². The van der Waals surface area contributed by atoms with E-state index in [9.17, 15) is 14.4 Å². The summed E-state index contributed by atoms with van der Waals surface area (Å²) in [5.41, 5.74) is 6.05. The van der Waals surface area contributed by atoms with E-state index in [1.807, 2.05) is 13.8 Å². The Labute approximate surface area is 191 Å². The van der Waals surface area contributed by atoms with Crippen LogP contribution >= 0.6 is 12.4 Å². The first kappa shape index (κ1) is 25.2. The monoisotopic (exact) mass is 464 g/mol. The molecule has 2 heterocycles. The average molecular weight is 465 g/mol. The SMILES string of the molecule is CCCn1c(=O)c2[nH]c(-c3ccc(OCC(=O)NCCN)cc3)nc2n(CCC)c1=O.Cl. The number of carbonyl (C=O) groups is 1. The summed E-state index contributed by atoms with van der Waals surface area (Å²) in [7, 11) is 0. The van der Waals surface area contributed by atoms with Crippen LogP contribution < -0.4 is 27.0 Å². The molecule has 11 heteroatoms. The van der Waals surface area contributed by atoms with Gasteiger partial charge < -0.3 is 20.8 Å². The molecule has 0 radical (unpaired) electrons. The van der Waals surface area contributed by atoms with Crippen LogP contribution in [0, 0.1) is 0 Å². The van der Waals surface area contributed by atoms with Crippen LogP contribution in [0.5, 0.6) is 5.75 Å². The number of nitrogens with one attached hydrogen (secondary N) is 2. The van der Waals surface area contributed by atoms with Crippen molar-refractivity contribution in [2.75, 3.05) is 19.7 Å². The number of hydrogen-bond acceptors (Lipinski definition) is 6. The first-order valence-corrected chi connectivity index (χ1v) is 10.4. The number of fused-ring (bicyclic) bond motifs is 1. The first-order chi connectivity index (χ1) is 15.0. The lowest BCUT2D eigenvalue weighted by atomic mass is 10.2. The molecule has 0 aliphatic rings. The number of H-pyrrole nitrogens is 1. The number of halogens is 1. The fraction of sp³-hybridized carbons (Fsp3) is 0.429. The second kappa shape index (κ2) is 11.5. The zero-order chi connectivity index (χ0) is 22.4. The van der Waals surface area contributed by atoms with Gasteiger partial charge >= 0.3 is 5.69 Å². The number of ether oxygens (including phenoxy) is 1. The van der Waals surface area contributed by atoms with Gasteiger partial charge in [-0.2, -0.15) is 0 Å². The number of carbonyl (C=O) groups excluding carboxylic acids is 1. The van der Waals surface area contributed by atoms with E-state index in [-0.39, 0.29) is 36.2 Å². The number of aromatic nitrogens is 4. The normalized spacial score (nSPS) is 10.7. The summed E-state index contributed by atoms with van der Waals surface area (Å²) in [6.45, 7) is 5.38. The van der Waals surface area contributed by atoms with E-state index in [0.29, 0.717) is 55.3 Å². The fourth-order valence-corrected chi connectivity index (χ4v) is 3.27. The molecule has 0 aliphatic heterocycles. The van der Waals surface area contributed by atoms with Gasteiger partial charge in [-0.05, 0) is 37.1 Å². The van der Waals surface area contributed by atoms with Gasteiger partial charge in [-0.25, -0.2) is 9.78 Å². The van der Waals surface area contributed by atoms with Gasteiger partial charge in [0.25, 0.3) is 11.5 Å². The average Bonchev–Trinajstić information content (AvgIpc) is 3.22. The zero-order valence-corrected chi connectivity index (χ0v) is 19.0. The number of nitrogens with two attached hydrogens (primary N) is 1. The molecule has 1 aromatic carbocycles. The third kappa shape index (κ3) is 5.38. The summed E-state index contributed by atoms with van der Waals surface area (Å²) in [5, 5.41) is 2.63. The molecule has 1 amide bonds. The maximum absolute atomic E-state index is 12.8. The molecule has 174 valence electrons. The smallest absolute Gasteiger partial charge is 0.332 e. The second-order valence-corrected chi connectivity index (χ2v) is 7.13. The summed E-state index contributed by atoms with van der Waals surface area (Å²) >= 11 is 0. The number of aromatic amines is 1. The summed E-state index contributed by atoms with van der Waals surface area (Å²) in [4.78, 5) is 44.8. The highest BCUT2D eigenvalue weighted by Gasteiger charge is 2.17. The Kier molecular flexibility index (Phi) is 9.03. The van der Waals surface area contributed by atoms with Crippen LogP contribution in [-0.4, -0.2) is 44.7 Å². The van der Waals surface area contributed by atoms with E-state index in [4.69, 9.17) is 10.5 Å². The number of aryl methyl sites for hydroxylation is 1.